The van der Waals surface area contributed by atoms with Gasteiger partial charge in [-0.1, -0.05) is 11.2 Å². The summed E-state index contributed by atoms with van der Waals surface area (Å²) in [5, 5.41) is 15.5. The third-order valence-electron chi connectivity index (χ3n) is 2.98. The summed E-state index contributed by atoms with van der Waals surface area (Å²) in [6.07, 6.45) is 0.788. The minimum atomic E-state index is -1.01. The highest BCUT2D eigenvalue weighted by molar-refractivity contribution is 5.76. The van der Waals surface area contributed by atoms with Gasteiger partial charge in [-0.25, -0.2) is 0 Å². The minimum absolute atomic E-state index is 0.185. The predicted octanol–water partition coefficient (Wildman–Crippen LogP) is 1.87. The number of hydrogen-bond acceptors (Lipinski definition) is 5. The molecule has 1 aliphatic rings. The number of nitrogens with zero attached hydrogens (tertiary/aromatic N) is 3. The monoisotopic (exact) mass is 292 g/mol. The quantitative estimate of drug-likeness (QED) is 0.359. The van der Waals surface area contributed by atoms with Crippen LogP contribution in [0.2, 0.25) is 0 Å². The lowest BCUT2D eigenvalue weighted by atomic mass is 10.1. The van der Waals surface area contributed by atoms with Gasteiger partial charge < -0.3 is 19.9 Å². The molecule has 0 amide bonds. The van der Waals surface area contributed by atoms with Crippen LogP contribution >= 0.6 is 0 Å². The van der Waals surface area contributed by atoms with Crippen molar-refractivity contribution in [3.05, 3.63) is 34.2 Å². The molecule has 0 radical (unpaired) electrons. The fourth-order valence-electron chi connectivity index (χ4n) is 2.01. The molecule has 1 aliphatic heterocycles. The van der Waals surface area contributed by atoms with Crippen molar-refractivity contribution in [2.24, 2.45) is 5.11 Å². The number of carbonyl (C=O) groups is 1. The van der Waals surface area contributed by atoms with E-state index in [2.05, 4.69) is 15.3 Å². The third kappa shape index (κ3) is 4.01. The van der Waals surface area contributed by atoms with Gasteiger partial charge >= 0.3 is 5.97 Å². The molecule has 2 N–H and O–H groups in total. The molecular weight excluding hydrogens is 276 g/mol. The number of ether oxygens (including phenoxy) is 2. The Morgan fingerprint density at radius 3 is 2.90 bits per heavy atom. The Bertz CT molecular complexity index is 557. The van der Waals surface area contributed by atoms with Gasteiger partial charge in [0.05, 0.1) is 13.2 Å². The van der Waals surface area contributed by atoms with Crippen LogP contribution in [-0.2, 0) is 4.79 Å². The van der Waals surface area contributed by atoms with Gasteiger partial charge in [0, 0.05) is 24.4 Å². The van der Waals surface area contributed by atoms with Crippen LogP contribution in [0.4, 0.5) is 0 Å². The number of benzene rings is 1. The molecule has 0 saturated carbocycles. The number of fused-ring (bicyclic) bond motifs is 1. The molecule has 1 heterocycles. The van der Waals surface area contributed by atoms with Crippen molar-refractivity contribution in [3.63, 3.8) is 0 Å². The molecule has 21 heavy (non-hydrogen) atoms. The zero-order valence-corrected chi connectivity index (χ0v) is 11.4. The van der Waals surface area contributed by atoms with E-state index in [1.54, 1.807) is 18.2 Å². The average Bonchev–Trinajstić information content (AvgIpc) is 2.71. The molecule has 8 nitrogen and oxygen atoms in total. The van der Waals surface area contributed by atoms with Crippen molar-refractivity contribution in [1.29, 1.82) is 0 Å². The Kier molecular flexibility index (Phi) is 5.25. The second-order valence-corrected chi connectivity index (χ2v) is 4.44. The summed E-state index contributed by atoms with van der Waals surface area (Å²) < 4.78 is 11.1. The van der Waals surface area contributed by atoms with Gasteiger partial charge in [0.25, 0.3) is 0 Å². The first-order valence-corrected chi connectivity index (χ1v) is 6.59. The summed E-state index contributed by atoms with van der Waals surface area (Å²) in [6, 6.07) is 4.17. The lowest BCUT2D eigenvalue weighted by molar-refractivity contribution is -0.139. The fourth-order valence-corrected chi connectivity index (χ4v) is 2.01. The van der Waals surface area contributed by atoms with Gasteiger partial charge in [-0.05, 0) is 23.2 Å². The van der Waals surface area contributed by atoms with Gasteiger partial charge in [-0.3, -0.25) is 4.79 Å². The molecule has 0 saturated heterocycles. The van der Waals surface area contributed by atoms with Gasteiger partial charge in [0.2, 0.25) is 0 Å². The molecule has 0 bridgehead atoms. The van der Waals surface area contributed by atoms with E-state index in [1.165, 1.54) is 0 Å². The van der Waals surface area contributed by atoms with Crippen LogP contribution in [0.1, 0.15) is 18.0 Å². The number of hydrogen-bond donors (Lipinski definition) is 2. The second kappa shape index (κ2) is 7.37. The van der Waals surface area contributed by atoms with E-state index in [0.29, 0.717) is 30.3 Å². The Balaban J connectivity index is 2.14. The predicted molar refractivity (Wildman–Crippen MR) is 74.4 cm³/mol. The van der Waals surface area contributed by atoms with Crippen LogP contribution < -0.4 is 14.8 Å². The van der Waals surface area contributed by atoms with E-state index in [-0.39, 0.29) is 13.1 Å². The maximum atomic E-state index is 11.4. The Morgan fingerprint density at radius 2 is 2.19 bits per heavy atom. The normalized spacial score (nSPS) is 14.7. The molecule has 2 rings (SSSR count). The van der Waals surface area contributed by atoms with Gasteiger partial charge in [-0.15, -0.1) is 0 Å². The highest BCUT2D eigenvalue weighted by atomic mass is 16.5. The molecule has 1 aromatic rings. The van der Waals surface area contributed by atoms with Gasteiger partial charge in [-0.2, -0.15) is 0 Å². The molecular formula is C13H16N4O4. The average molecular weight is 292 g/mol. The SMILES string of the molecule is [N-]=[N+]=NCCNC(C(=O)O)c1ccc2c(c1)OCCCO2. The van der Waals surface area contributed by atoms with E-state index in [4.69, 9.17) is 15.0 Å². The van der Waals surface area contributed by atoms with Crippen molar-refractivity contribution in [2.75, 3.05) is 26.3 Å². The Labute approximate surface area is 121 Å². The van der Waals surface area contributed by atoms with Crippen molar-refractivity contribution < 1.29 is 19.4 Å². The standard InChI is InChI=1S/C13H16N4O4/c14-17-16-5-4-15-12(13(18)19)9-2-3-10-11(8-9)21-7-1-6-20-10/h2-3,8,12,15H,1,4-7H2,(H,18,19). The first kappa shape index (κ1) is 15.0. The fraction of sp³-hybridized carbons (Fsp3) is 0.462. The van der Waals surface area contributed by atoms with Crippen molar-refractivity contribution in [2.45, 2.75) is 12.5 Å². The number of carboxylic acid groups (broad SMARTS) is 1. The molecule has 8 heteroatoms. The molecule has 0 aromatic heterocycles. The number of nitrogens with one attached hydrogen (secondary N) is 1. The van der Waals surface area contributed by atoms with E-state index >= 15 is 0 Å². The molecule has 0 spiro atoms. The summed E-state index contributed by atoms with van der Waals surface area (Å²) in [5.41, 5.74) is 8.76. The number of azide groups is 1. The summed E-state index contributed by atoms with van der Waals surface area (Å²) in [5.74, 6) is 0.160. The summed E-state index contributed by atoms with van der Waals surface area (Å²) in [7, 11) is 0. The third-order valence-corrected chi connectivity index (χ3v) is 2.98. The highest BCUT2D eigenvalue weighted by Gasteiger charge is 2.21. The lowest BCUT2D eigenvalue weighted by Crippen LogP contribution is -2.30. The van der Waals surface area contributed by atoms with Crippen LogP contribution in [-0.4, -0.2) is 37.4 Å². The highest BCUT2D eigenvalue weighted by Crippen LogP contribution is 2.32. The smallest absolute Gasteiger partial charge is 0.325 e. The van der Waals surface area contributed by atoms with Gasteiger partial charge in [0.15, 0.2) is 11.5 Å². The van der Waals surface area contributed by atoms with E-state index < -0.39 is 12.0 Å². The maximum absolute atomic E-state index is 11.4. The maximum Gasteiger partial charge on any atom is 0.325 e. The summed E-state index contributed by atoms with van der Waals surface area (Å²) in [4.78, 5) is 14.0. The van der Waals surface area contributed by atoms with Crippen molar-refractivity contribution in [1.82, 2.24) is 5.32 Å². The zero-order chi connectivity index (χ0) is 15.1. The second-order valence-electron chi connectivity index (χ2n) is 4.44. The molecule has 112 valence electrons. The van der Waals surface area contributed by atoms with Gasteiger partial charge in [0.1, 0.15) is 6.04 Å². The van der Waals surface area contributed by atoms with Crippen molar-refractivity contribution >= 4 is 5.97 Å². The first-order valence-electron chi connectivity index (χ1n) is 6.59. The molecule has 1 unspecified atom stereocenters. The van der Waals surface area contributed by atoms with E-state index in [9.17, 15) is 9.90 Å². The summed E-state index contributed by atoms with van der Waals surface area (Å²) in [6.45, 7) is 1.58. The number of carboxylic acids is 1. The number of rotatable bonds is 6. The van der Waals surface area contributed by atoms with Crippen LogP contribution in [0.25, 0.3) is 10.4 Å². The minimum Gasteiger partial charge on any atom is -0.490 e. The molecule has 0 aliphatic carbocycles. The summed E-state index contributed by atoms with van der Waals surface area (Å²) >= 11 is 0. The Morgan fingerprint density at radius 1 is 1.43 bits per heavy atom. The van der Waals surface area contributed by atoms with Crippen LogP contribution in [0, 0.1) is 0 Å². The molecule has 1 atom stereocenters. The largest absolute Gasteiger partial charge is 0.490 e. The Hall–Kier alpha value is -2.44. The van der Waals surface area contributed by atoms with Crippen LogP contribution in [0.5, 0.6) is 11.5 Å². The molecule has 0 fully saturated rings. The topological polar surface area (TPSA) is 117 Å². The molecule has 1 aromatic carbocycles. The van der Waals surface area contributed by atoms with Crippen molar-refractivity contribution in [3.8, 4) is 11.5 Å². The van der Waals surface area contributed by atoms with E-state index in [0.717, 1.165) is 6.42 Å². The van der Waals surface area contributed by atoms with Crippen LogP contribution in [0.3, 0.4) is 0 Å². The zero-order valence-electron chi connectivity index (χ0n) is 11.4. The first-order chi connectivity index (χ1) is 10.2. The number of aliphatic carboxylic acids is 1. The lowest BCUT2D eigenvalue weighted by Gasteiger charge is -2.16. The van der Waals surface area contributed by atoms with Crippen LogP contribution in [0.15, 0.2) is 23.3 Å². The van der Waals surface area contributed by atoms with E-state index in [1.807, 2.05) is 0 Å².